The first-order valence-corrected chi connectivity index (χ1v) is 5.20. The molecular weight excluding hydrogens is 190 g/mol. The Morgan fingerprint density at radius 3 is 3.07 bits per heavy atom. The molecule has 1 unspecified atom stereocenters. The van der Waals surface area contributed by atoms with E-state index >= 15 is 0 Å². The number of allylic oxidation sites excluding steroid dienone is 2. The zero-order valence-corrected chi connectivity index (χ0v) is 8.56. The number of aromatic nitrogens is 3. The van der Waals surface area contributed by atoms with Crippen molar-refractivity contribution in [2.24, 2.45) is 0 Å². The van der Waals surface area contributed by atoms with Crippen LogP contribution in [0.3, 0.4) is 0 Å². The maximum Gasteiger partial charge on any atom is 0.0865 e. The molecule has 2 N–H and O–H groups in total. The van der Waals surface area contributed by atoms with Crippen molar-refractivity contribution in [3.63, 3.8) is 0 Å². The van der Waals surface area contributed by atoms with Gasteiger partial charge in [-0.1, -0.05) is 24.3 Å². The number of H-pyrrole nitrogens is 1. The van der Waals surface area contributed by atoms with Gasteiger partial charge in [-0.3, -0.25) is 0 Å². The van der Waals surface area contributed by atoms with E-state index in [-0.39, 0.29) is 0 Å². The molecule has 1 heterocycles. The molecule has 0 saturated heterocycles. The van der Waals surface area contributed by atoms with Crippen LogP contribution in [-0.2, 0) is 6.42 Å². The molecule has 0 fully saturated rings. The van der Waals surface area contributed by atoms with Crippen LogP contribution in [0.15, 0.2) is 30.5 Å². The van der Waals surface area contributed by atoms with Crippen LogP contribution >= 0.6 is 0 Å². The van der Waals surface area contributed by atoms with E-state index < -0.39 is 5.60 Å². The normalized spacial score (nSPS) is 24.6. The molecular formula is C11H15N3O. The molecule has 0 radical (unpaired) electrons. The van der Waals surface area contributed by atoms with Gasteiger partial charge in [0, 0.05) is 0 Å². The number of aromatic amines is 1. The van der Waals surface area contributed by atoms with Gasteiger partial charge in [-0.05, 0) is 25.7 Å². The lowest BCUT2D eigenvalue weighted by molar-refractivity contribution is 0.0812. The monoisotopic (exact) mass is 205 g/mol. The Labute approximate surface area is 88.7 Å². The Morgan fingerprint density at radius 1 is 1.47 bits per heavy atom. The average molecular weight is 205 g/mol. The second-order valence-electron chi connectivity index (χ2n) is 3.91. The van der Waals surface area contributed by atoms with Gasteiger partial charge >= 0.3 is 0 Å². The fourth-order valence-electron chi connectivity index (χ4n) is 1.76. The molecule has 1 aliphatic carbocycles. The molecule has 0 bridgehead atoms. The van der Waals surface area contributed by atoms with Gasteiger partial charge in [-0.15, -0.1) is 0 Å². The molecule has 1 atom stereocenters. The van der Waals surface area contributed by atoms with Crippen molar-refractivity contribution in [2.45, 2.75) is 31.3 Å². The van der Waals surface area contributed by atoms with Crippen molar-refractivity contribution >= 4 is 0 Å². The number of hydrogen-bond acceptors (Lipinski definition) is 3. The van der Waals surface area contributed by atoms with Crippen molar-refractivity contribution in [2.75, 3.05) is 0 Å². The molecule has 0 spiro atoms. The summed E-state index contributed by atoms with van der Waals surface area (Å²) in [5.74, 6) is 0. The van der Waals surface area contributed by atoms with E-state index in [9.17, 15) is 5.11 Å². The van der Waals surface area contributed by atoms with E-state index in [0.717, 1.165) is 25.0 Å². The lowest BCUT2D eigenvalue weighted by atomic mass is 9.90. The number of aryl methyl sites for hydroxylation is 1. The molecule has 0 aromatic carbocycles. The Balaban J connectivity index is 1.78. The van der Waals surface area contributed by atoms with E-state index in [4.69, 9.17) is 0 Å². The van der Waals surface area contributed by atoms with Gasteiger partial charge < -0.3 is 5.11 Å². The fourth-order valence-corrected chi connectivity index (χ4v) is 1.76. The minimum Gasteiger partial charge on any atom is -0.385 e. The standard InChI is InChI=1S/C11H15N3O/c15-11(6-2-1-3-7-11)8-4-5-10-9-12-14-13-10/h1-3,6,9,15H,4-5,7-8H2,(H,12,13,14). The van der Waals surface area contributed by atoms with Crippen molar-refractivity contribution in [1.82, 2.24) is 15.4 Å². The summed E-state index contributed by atoms with van der Waals surface area (Å²) < 4.78 is 0. The maximum absolute atomic E-state index is 10.1. The lowest BCUT2D eigenvalue weighted by Crippen LogP contribution is -2.26. The minimum atomic E-state index is -0.654. The first-order valence-electron chi connectivity index (χ1n) is 5.20. The minimum absolute atomic E-state index is 0.654. The number of nitrogens with one attached hydrogen (secondary N) is 1. The number of nitrogens with zero attached hydrogens (tertiary/aromatic N) is 2. The Kier molecular flexibility index (Phi) is 2.97. The second kappa shape index (κ2) is 4.40. The van der Waals surface area contributed by atoms with Crippen molar-refractivity contribution in [1.29, 1.82) is 0 Å². The SMILES string of the molecule is OC1(CCCc2cn[nH]n2)C=CC=CC1. The number of rotatable bonds is 4. The highest BCUT2D eigenvalue weighted by atomic mass is 16.3. The second-order valence-corrected chi connectivity index (χ2v) is 3.91. The lowest BCUT2D eigenvalue weighted by Gasteiger charge is -2.24. The van der Waals surface area contributed by atoms with Crippen LogP contribution in [0.2, 0.25) is 0 Å². The van der Waals surface area contributed by atoms with Gasteiger partial charge in [0.2, 0.25) is 0 Å². The summed E-state index contributed by atoms with van der Waals surface area (Å²) in [4.78, 5) is 0. The molecule has 1 aliphatic rings. The highest BCUT2D eigenvalue weighted by molar-refractivity contribution is 5.17. The van der Waals surface area contributed by atoms with E-state index in [1.165, 1.54) is 0 Å². The highest BCUT2D eigenvalue weighted by Gasteiger charge is 2.22. The Hall–Kier alpha value is -1.42. The average Bonchev–Trinajstić information content (AvgIpc) is 2.71. The van der Waals surface area contributed by atoms with Crippen LogP contribution in [-0.4, -0.2) is 26.1 Å². The van der Waals surface area contributed by atoms with Crippen LogP contribution in [0.25, 0.3) is 0 Å². The number of hydrogen-bond donors (Lipinski definition) is 2. The van der Waals surface area contributed by atoms with Gasteiger partial charge in [0.15, 0.2) is 0 Å². The summed E-state index contributed by atoms with van der Waals surface area (Å²) in [6.45, 7) is 0. The molecule has 0 saturated carbocycles. The quantitative estimate of drug-likeness (QED) is 0.780. The fraction of sp³-hybridized carbons (Fsp3) is 0.455. The maximum atomic E-state index is 10.1. The molecule has 4 heteroatoms. The molecule has 4 nitrogen and oxygen atoms in total. The summed E-state index contributed by atoms with van der Waals surface area (Å²) in [6, 6.07) is 0. The van der Waals surface area contributed by atoms with Gasteiger partial charge in [-0.2, -0.15) is 15.4 Å². The molecule has 80 valence electrons. The molecule has 15 heavy (non-hydrogen) atoms. The van der Waals surface area contributed by atoms with Gasteiger partial charge in [0.25, 0.3) is 0 Å². The predicted molar refractivity (Wildman–Crippen MR) is 57.2 cm³/mol. The highest BCUT2D eigenvalue weighted by Crippen LogP contribution is 2.23. The van der Waals surface area contributed by atoms with Crippen LogP contribution in [0, 0.1) is 0 Å². The smallest absolute Gasteiger partial charge is 0.0865 e. The van der Waals surface area contributed by atoms with E-state index in [2.05, 4.69) is 15.4 Å². The summed E-state index contributed by atoms with van der Waals surface area (Å²) >= 11 is 0. The van der Waals surface area contributed by atoms with Gasteiger partial charge in [0.1, 0.15) is 0 Å². The third-order valence-electron chi connectivity index (χ3n) is 2.63. The third kappa shape index (κ3) is 2.76. The first-order chi connectivity index (χ1) is 7.29. The van der Waals surface area contributed by atoms with E-state index in [0.29, 0.717) is 6.42 Å². The third-order valence-corrected chi connectivity index (χ3v) is 2.63. The van der Waals surface area contributed by atoms with Crippen LogP contribution < -0.4 is 0 Å². The van der Waals surface area contributed by atoms with Crippen molar-refractivity contribution in [3.8, 4) is 0 Å². The topological polar surface area (TPSA) is 61.8 Å². The summed E-state index contributed by atoms with van der Waals surface area (Å²) in [7, 11) is 0. The number of aliphatic hydroxyl groups is 1. The molecule has 1 aromatic heterocycles. The molecule has 2 rings (SSSR count). The summed E-state index contributed by atoms with van der Waals surface area (Å²) in [5.41, 5.74) is 0.298. The van der Waals surface area contributed by atoms with Crippen molar-refractivity contribution < 1.29 is 5.11 Å². The first kappa shape index (κ1) is 10.1. The predicted octanol–water partition coefficient (Wildman–Crippen LogP) is 1.37. The van der Waals surface area contributed by atoms with Crippen LogP contribution in [0.5, 0.6) is 0 Å². The zero-order chi connectivity index (χ0) is 10.6. The molecule has 0 amide bonds. The van der Waals surface area contributed by atoms with Gasteiger partial charge in [-0.25, -0.2) is 0 Å². The van der Waals surface area contributed by atoms with E-state index in [1.807, 2.05) is 24.3 Å². The molecule has 0 aliphatic heterocycles. The van der Waals surface area contributed by atoms with Crippen LogP contribution in [0.1, 0.15) is 25.0 Å². The van der Waals surface area contributed by atoms with E-state index in [1.54, 1.807) is 6.20 Å². The Bertz CT molecular complexity index is 356. The van der Waals surface area contributed by atoms with Crippen LogP contribution in [0.4, 0.5) is 0 Å². The molecule has 1 aromatic rings. The van der Waals surface area contributed by atoms with Gasteiger partial charge in [0.05, 0.1) is 17.5 Å². The Morgan fingerprint density at radius 2 is 2.40 bits per heavy atom. The zero-order valence-electron chi connectivity index (χ0n) is 8.56. The largest absolute Gasteiger partial charge is 0.385 e. The summed E-state index contributed by atoms with van der Waals surface area (Å²) in [5, 5.41) is 20.4. The summed E-state index contributed by atoms with van der Waals surface area (Å²) in [6.07, 6.45) is 12.7. The van der Waals surface area contributed by atoms with Crippen molar-refractivity contribution in [3.05, 3.63) is 36.2 Å².